The largest absolute Gasteiger partial charge is 0.489 e. The van der Waals surface area contributed by atoms with Crippen LogP contribution in [0.3, 0.4) is 0 Å². The van der Waals surface area contributed by atoms with Gasteiger partial charge < -0.3 is 10.5 Å². The smallest absolute Gasteiger partial charge is 0.416 e. The van der Waals surface area contributed by atoms with Crippen molar-refractivity contribution in [2.24, 2.45) is 0 Å². The Morgan fingerprint density at radius 3 is 2.05 bits per heavy atom. The third-order valence-corrected chi connectivity index (χ3v) is 2.92. The van der Waals surface area contributed by atoms with Gasteiger partial charge in [-0.2, -0.15) is 13.2 Å². The molecule has 0 aromatic heterocycles. The van der Waals surface area contributed by atoms with Gasteiger partial charge in [0.1, 0.15) is 5.75 Å². The number of nitrogens with two attached hydrogens (primary N) is 1. The van der Waals surface area contributed by atoms with E-state index in [1.807, 2.05) is 13.8 Å². The van der Waals surface area contributed by atoms with Crippen LogP contribution in [0.5, 0.6) is 5.75 Å². The predicted octanol–water partition coefficient (Wildman–Crippen LogP) is 4.74. The van der Waals surface area contributed by atoms with E-state index in [4.69, 9.17) is 10.5 Å². The van der Waals surface area contributed by atoms with Crippen molar-refractivity contribution in [2.45, 2.75) is 26.1 Å². The summed E-state index contributed by atoms with van der Waals surface area (Å²) in [5.74, 6) is 0.530. The molecule has 0 fully saturated rings. The van der Waals surface area contributed by atoms with Gasteiger partial charge in [0.25, 0.3) is 0 Å². The quantitative estimate of drug-likeness (QED) is 0.830. The minimum Gasteiger partial charge on any atom is -0.489 e. The number of nitrogen functional groups attached to an aromatic ring is 1. The van der Waals surface area contributed by atoms with E-state index in [2.05, 4.69) is 0 Å². The number of anilines is 1. The molecule has 0 bridgehead atoms. The molecule has 2 aromatic carbocycles. The Morgan fingerprint density at radius 2 is 1.52 bits per heavy atom. The van der Waals surface area contributed by atoms with Gasteiger partial charge in [0.15, 0.2) is 0 Å². The topological polar surface area (TPSA) is 35.2 Å². The fraction of sp³-hybridized carbons (Fsp3) is 0.250. The monoisotopic (exact) mass is 295 g/mol. The maximum atomic E-state index is 12.5. The maximum absolute atomic E-state index is 12.5. The van der Waals surface area contributed by atoms with Crippen LogP contribution in [-0.4, -0.2) is 6.10 Å². The zero-order chi connectivity index (χ0) is 15.6. The molecule has 0 heterocycles. The van der Waals surface area contributed by atoms with Crippen molar-refractivity contribution in [3.05, 3.63) is 48.0 Å². The van der Waals surface area contributed by atoms with Crippen LogP contribution in [-0.2, 0) is 6.18 Å². The van der Waals surface area contributed by atoms with Crippen molar-refractivity contribution < 1.29 is 17.9 Å². The molecule has 0 aliphatic carbocycles. The van der Waals surface area contributed by atoms with Crippen LogP contribution in [0.2, 0.25) is 0 Å². The molecule has 5 heteroatoms. The first-order valence-electron chi connectivity index (χ1n) is 6.51. The van der Waals surface area contributed by atoms with Crippen LogP contribution in [0.1, 0.15) is 19.4 Å². The van der Waals surface area contributed by atoms with Gasteiger partial charge in [0.2, 0.25) is 0 Å². The maximum Gasteiger partial charge on any atom is 0.416 e. The molecule has 21 heavy (non-hydrogen) atoms. The van der Waals surface area contributed by atoms with Crippen molar-refractivity contribution >= 4 is 5.69 Å². The number of benzene rings is 2. The summed E-state index contributed by atoms with van der Waals surface area (Å²) in [5.41, 5.74) is 7.09. The van der Waals surface area contributed by atoms with E-state index >= 15 is 0 Å². The molecule has 0 amide bonds. The Balaban J connectivity index is 2.34. The highest BCUT2D eigenvalue weighted by Crippen LogP contribution is 2.33. The van der Waals surface area contributed by atoms with Gasteiger partial charge in [0.05, 0.1) is 17.4 Å². The molecule has 0 spiro atoms. The van der Waals surface area contributed by atoms with Gasteiger partial charge in [-0.05, 0) is 49.2 Å². The molecule has 0 unspecified atom stereocenters. The average molecular weight is 295 g/mol. The van der Waals surface area contributed by atoms with Crippen LogP contribution in [0.25, 0.3) is 11.1 Å². The molecular weight excluding hydrogens is 279 g/mol. The van der Waals surface area contributed by atoms with Crippen molar-refractivity contribution in [1.29, 1.82) is 0 Å². The van der Waals surface area contributed by atoms with E-state index in [-0.39, 0.29) is 6.10 Å². The predicted molar refractivity (Wildman–Crippen MR) is 77.1 cm³/mol. The molecular formula is C16H16F3NO. The third-order valence-electron chi connectivity index (χ3n) is 2.92. The molecule has 0 radical (unpaired) electrons. The van der Waals surface area contributed by atoms with E-state index in [0.717, 1.165) is 17.7 Å². The third kappa shape index (κ3) is 3.68. The number of alkyl halides is 3. The van der Waals surface area contributed by atoms with Crippen LogP contribution in [0.15, 0.2) is 42.5 Å². The standard InChI is InChI=1S/C16H16F3NO/c1-10(2)21-15-9-12(5-8-14(15)20)11-3-6-13(7-4-11)16(17,18)19/h3-10H,20H2,1-2H3. The molecule has 2 aromatic rings. The van der Waals surface area contributed by atoms with Crippen LogP contribution in [0.4, 0.5) is 18.9 Å². The van der Waals surface area contributed by atoms with Crippen LogP contribution >= 0.6 is 0 Å². The second-order valence-electron chi connectivity index (χ2n) is 4.99. The summed E-state index contributed by atoms with van der Waals surface area (Å²) in [5, 5.41) is 0. The number of ether oxygens (including phenoxy) is 1. The average Bonchev–Trinajstić information content (AvgIpc) is 2.40. The van der Waals surface area contributed by atoms with E-state index in [1.54, 1.807) is 18.2 Å². The van der Waals surface area contributed by atoms with Crippen molar-refractivity contribution in [2.75, 3.05) is 5.73 Å². The van der Waals surface area contributed by atoms with Gasteiger partial charge in [-0.15, -0.1) is 0 Å². The number of halogens is 3. The molecule has 0 saturated carbocycles. The van der Waals surface area contributed by atoms with Crippen molar-refractivity contribution in [3.8, 4) is 16.9 Å². The van der Waals surface area contributed by atoms with E-state index in [9.17, 15) is 13.2 Å². The first-order chi connectivity index (χ1) is 9.77. The zero-order valence-electron chi connectivity index (χ0n) is 11.7. The van der Waals surface area contributed by atoms with Gasteiger partial charge in [-0.3, -0.25) is 0 Å². The second kappa shape index (κ2) is 5.68. The summed E-state index contributed by atoms with van der Waals surface area (Å²) in [6.07, 6.45) is -4.36. The lowest BCUT2D eigenvalue weighted by Crippen LogP contribution is -2.07. The van der Waals surface area contributed by atoms with Crippen LogP contribution < -0.4 is 10.5 Å². The summed E-state index contributed by atoms with van der Waals surface area (Å²) >= 11 is 0. The summed E-state index contributed by atoms with van der Waals surface area (Å²) in [4.78, 5) is 0. The molecule has 2 nitrogen and oxygen atoms in total. The first-order valence-corrected chi connectivity index (χ1v) is 6.51. The number of rotatable bonds is 3. The Bertz CT molecular complexity index is 618. The molecule has 112 valence electrons. The summed E-state index contributed by atoms with van der Waals surface area (Å²) in [7, 11) is 0. The van der Waals surface area contributed by atoms with Gasteiger partial charge in [-0.1, -0.05) is 18.2 Å². The van der Waals surface area contributed by atoms with Gasteiger partial charge in [0, 0.05) is 0 Å². The Labute approximate surface area is 121 Å². The molecule has 0 aliphatic rings. The Kier molecular flexibility index (Phi) is 4.11. The van der Waals surface area contributed by atoms with E-state index in [0.29, 0.717) is 17.0 Å². The minimum absolute atomic E-state index is 0.0323. The highest BCUT2D eigenvalue weighted by atomic mass is 19.4. The van der Waals surface area contributed by atoms with E-state index in [1.165, 1.54) is 12.1 Å². The lowest BCUT2D eigenvalue weighted by molar-refractivity contribution is -0.137. The lowest BCUT2D eigenvalue weighted by Gasteiger charge is -2.14. The SMILES string of the molecule is CC(C)Oc1cc(-c2ccc(C(F)(F)F)cc2)ccc1N. The zero-order valence-corrected chi connectivity index (χ0v) is 11.7. The molecule has 0 atom stereocenters. The molecule has 0 aliphatic heterocycles. The van der Waals surface area contributed by atoms with Gasteiger partial charge >= 0.3 is 6.18 Å². The Morgan fingerprint density at radius 1 is 0.952 bits per heavy atom. The molecule has 2 N–H and O–H groups in total. The molecule has 2 rings (SSSR count). The number of hydrogen-bond donors (Lipinski definition) is 1. The van der Waals surface area contributed by atoms with Crippen molar-refractivity contribution in [1.82, 2.24) is 0 Å². The lowest BCUT2D eigenvalue weighted by atomic mass is 10.0. The molecule has 0 saturated heterocycles. The van der Waals surface area contributed by atoms with Gasteiger partial charge in [-0.25, -0.2) is 0 Å². The highest BCUT2D eigenvalue weighted by Gasteiger charge is 2.29. The first kappa shape index (κ1) is 15.2. The summed E-state index contributed by atoms with van der Waals surface area (Å²) in [6.45, 7) is 3.76. The van der Waals surface area contributed by atoms with Crippen LogP contribution in [0, 0.1) is 0 Å². The van der Waals surface area contributed by atoms with Crippen molar-refractivity contribution in [3.63, 3.8) is 0 Å². The second-order valence-corrected chi connectivity index (χ2v) is 4.99. The van der Waals surface area contributed by atoms with E-state index < -0.39 is 11.7 Å². The number of hydrogen-bond acceptors (Lipinski definition) is 2. The summed E-state index contributed by atoms with van der Waals surface area (Å²) < 4.78 is 43.2. The fourth-order valence-electron chi connectivity index (χ4n) is 1.92. The fourth-order valence-corrected chi connectivity index (χ4v) is 1.92. The normalized spacial score (nSPS) is 11.7. The minimum atomic E-state index is -4.33. The highest BCUT2D eigenvalue weighted by molar-refractivity contribution is 5.70. The Hall–Kier alpha value is -2.17. The summed E-state index contributed by atoms with van der Waals surface area (Å²) in [6, 6.07) is 10.2.